The van der Waals surface area contributed by atoms with E-state index in [1.54, 1.807) is 42.9 Å². The minimum Gasteiger partial charge on any atom is -0.480 e. The van der Waals surface area contributed by atoms with Gasteiger partial charge in [0.2, 0.25) is 0 Å². The number of rotatable bonds is 3. The summed E-state index contributed by atoms with van der Waals surface area (Å²) in [5.41, 5.74) is 2.16. The monoisotopic (exact) mass is 387 g/mol. The average Bonchev–Trinajstić information content (AvgIpc) is 3.15. The maximum atomic E-state index is 12.9. The molecular weight excluding hydrogens is 377 g/mol. The summed E-state index contributed by atoms with van der Waals surface area (Å²) < 4.78 is 6.61. The Hall–Kier alpha value is -2.76. The van der Waals surface area contributed by atoms with Gasteiger partial charge in [0.15, 0.2) is 5.43 Å². The summed E-state index contributed by atoms with van der Waals surface area (Å²) in [6.45, 7) is -0.359. The highest BCUT2D eigenvalue weighted by Gasteiger charge is 2.17. The molecule has 0 amide bonds. The largest absolute Gasteiger partial charge is 0.480 e. The number of carbonyl (C=O) groups is 1. The minimum atomic E-state index is -1.05. The molecule has 0 aliphatic carbocycles. The minimum absolute atomic E-state index is 0.151. The number of hydrogen-bond donors (Lipinski definition) is 1. The fourth-order valence-electron chi connectivity index (χ4n) is 3.11. The summed E-state index contributed by atoms with van der Waals surface area (Å²) in [6.07, 6.45) is 3.12. The molecule has 7 heteroatoms. The van der Waals surface area contributed by atoms with E-state index in [0.29, 0.717) is 21.8 Å². The number of aliphatic carboxylic acids is 1. The standard InChI is InChI=1S/C19H11Cl2NO4/c20-14-4-3-13-18(17(14)21)22(8-16(23)24)15-7-10(11-5-6-26-9-11)1-2-12(15)19(13)25/h1-7,9H,8H2,(H,23,24). The van der Waals surface area contributed by atoms with Gasteiger partial charge in [-0.1, -0.05) is 29.3 Å². The zero-order valence-corrected chi connectivity index (χ0v) is 14.7. The smallest absolute Gasteiger partial charge is 0.323 e. The van der Waals surface area contributed by atoms with E-state index in [1.807, 2.05) is 0 Å². The molecule has 2 aromatic heterocycles. The number of benzene rings is 2. The number of carboxylic acids is 1. The van der Waals surface area contributed by atoms with Crippen LogP contribution in [0.1, 0.15) is 0 Å². The van der Waals surface area contributed by atoms with Crippen molar-refractivity contribution in [2.75, 3.05) is 0 Å². The molecule has 130 valence electrons. The van der Waals surface area contributed by atoms with Crippen LogP contribution in [0.3, 0.4) is 0 Å². The molecule has 5 nitrogen and oxygen atoms in total. The van der Waals surface area contributed by atoms with Crippen LogP contribution in [0.4, 0.5) is 0 Å². The van der Waals surface area contributed by atoms with Gasteiger partial charge >= 0.3 is 5.97 Å². The zero-order chi connectivity index (χ0) is 18.4. The van der Waals surface area contributed by atoms with E-state index < -0.39 is 5.97 Å². The maximum Gasteiger partial charge on any atom is 0.323 e. The van der Waals surface area contributed by atoms with Crippen molar-refractivity contribution in [1.29, 1.82) is 0 Å². The molecule has 0 fully saturated rings. The number of nitrogens with zero attached hydrogens (tertiary/aromatic N) is 1. The molecule has 0 saturated carbocycles. The van der Waals surface area contributed by atoms with Crippen molar-refractivity contribution in [1.82, 2.24) is 4.57 Å². The van der Waals surface area contributed by atoms with Gasteiger partial charge in [-0.25, -0.2) is 0 Å². The van der Waals surface area contributed by atoms with Gasteiger partial charge in [0.25, 0.3) is 0 Å². The van der Waals surface area contributed by atoms with Crippen LogP contribution in [0.25, 0.3) is 32.9 Å². The summed E-state index contributed by atoms with van der Waals surface area (Å²) in [5.74, 6) is -1.05. The maximum absolute atomic E-state index is 12.9. The van der Waals surface area contributed by atoms with Crippen LogP contribution in [0.5, 0.6) is 0 Å². The predicted molar refractivity (Wildman–Crippen MR) is 101 cm³/mol. The van der Waals surface area contributed by atoms with Gasteiger partial charge in [-0.05, 0) is 35.9 Å². The normalized spacial score (nSPS) is 11.3. The number of hydrogen-bond acceptors (Lipinski definition) is 3. The first kappa shape index (κ1) is 16.7. The highest BCUT2D eigenvalue weighted by atomic mass is 35.5. The van der Waals surface area contributed by atoms with E-state index in [4.69, 9.17) is 27.6 Å². The lowest BCUT2D eigenvalue weighted by Crippen LogP contribution is -2.16. The Balaban J connectivity index is 2.19. The summed E-state index contributed by atoms with van der Waals surface area (Å²) >= 11 is 12.4. The first-order chi connectivity index (χ1) is 12.5. The number of aromatic nitrogens is 1. The molecule has 26 heavy (non-hydrogen) atoms. The lowest BCUT2D eigenvalue weighted by Gasteiger charge is -2.16. The van der Waals surface area contributed by atoms with E-state index >= 15 is 0 Å². The Morgan fingerprint density at radius 1 is 1.08 bits per heavy atom. The highest BCUT2D eigenvalue weighted by molar-refractivity contribution is 6.45. The van der Waals surface area contributed by atoms with Gasteiger partial charge in [-0.15, -0.1) is 0 Å². The second kappa shape index (κ2) is 6.20. The fourth-order valence-corrected chi connectivity index (χ4v) is 3.53. The van der Waals surface area contributed by atoms with E-state index in [-0.39, 0.29) is 22.0 Å². The number of halogens is 2. The summed E-state index contributed by atoms with van der Waals surface area (Å²) in [4.78, 5) is 24.4. The van der Waals surface area contributed by atoms with Crippen molar-refractivity contribution in [3.05, 3.63) is 69.2 Å². The van der Waals surface area contributed by atoms with E-state index in [2.05, 4.69) is 0 Å². The molecule has 2 heterocycles. The molecule has 4 aromatic rings. The second-order valence-corrected chi connectivity index (χ2v) is 6.60. The average molecular weight is 388 g/mol. The fraction of sp³-hybridized carbons (Fsp3) is 0.0526. The molecule has 0 unspecified atom stereocenters. The van der Waals surface area contributed by atoms with Crippen molar-refractivity contribution in [2.45, 2.75) is 6.54 Å². The Labute approximate surface area is 157 Å². The van der Waals surface area contributed by atoms with Crippen molar-refractivity contribution in [2.24, 2.45) is 0 Å². The topological polar surface area (TPSA) is 72.4 Å². The Bertz CT molecular complexity index is 1230. The third-order valence-corrected chi connectivity index (χ3v) is 5.06. The van der Waals surface area contributed by atoms with Crippen LogP contribution in [0, 0.1) is 0 Å². The lowest BCUT2D eigenvalue weighted by atomic mass is 10.0. The highest BCUT2D eigenvalue weighted by Crippen LogP contribution is 2.33. The van der Waals surface area contributed by atoms with Gasteiger partial charge < -0.3 is 14.1 Å². The number of carboxylic acid groups (broad SMARTS) is 1. The van der Waals surface area contributed by atoms with Crippen LogP contribution in [0.2, 0.25) is 10.0 Å². The summed E-state index contributed by atoms with van der Waals surface area (Å²) in [6, 6.07) is 10.1. The Kier molecular flexibility index (Phi) is 3.98. The van der Waals surface area contributed by atoms with Crippen molar-refractivity contribution in [3.8, 4) is 11.1 Å². The second-order valence-electron chi connectivity index (χ2n) is 5.81. The molecule has 0 bridgehead atoms. The molecule has 0 saturated heterocycles. The molecule has 0 spiro atoms. The summed E-state index contributed by atoms with van der Waals surface area (Å²) in [5, 5.41) is 10.5. The molecule has 0 radical (unpaired) electrons. The molecule has 4 rings (SSSR count). The third kappa shape index (κ3) is 2.57. The van der Waals surface area contributed by atoms with Crippen LogP contribution in [0.15, 0.2) is 58.1 Å². The molecule has 2 aromatic carbocycles. The molecule has 0 aliphatic heterocycles. The quantitative estimate of drug-likeness (QED) is 0.512. The zero-order valence-electron chi connectivity index (χ0n) is 13.2. The SMILES string of the molecule is O=C(O)Cn1c2cc(-c3ccoc3)ccc2c(=O)c2ccc(Cl)c(Cl)c21. The Morgan fingerprint density at radius 2 is 1.85 bits per heavy atom. The van der Waals surface area contributed by atoms with E-state index in [0.717, 1.165) is 11.1 Å². The molecule has 1 N–H and O–H groups in total. The van der Waals surface area contributed by atoms with Crippen LogP contribution >= 0.6 is 23.2 Å². The van der Waals surface area contributed by atoms with Gasteiger partial charge in [-0.2, -0.15) is 0 Å². The molecule has 0 aliphatic rings. The van der Waals surface area contributed by atoms with E-state index in [9.17, 15) is 14.7 Å². The predicted octanol–water partition coefficient (Wildman–Crippen LogP) is 4.81. The van der Waals surface area contributed by atoms with Crippen molar-refractivity contribution >= 4 is 51.0 Å². The van der Waals surface area contributed by atoms with Crippen LogP contribution in [-0.2, 0) is 11.3 Å². The summed E-state index contributed by atoms with van der Waals surface area (Å²) in [7, 11) is 0. The lowest BCUT2D eigenvalue weighted by molar-refractivity contribution is -0.137. The van der Waals surface area contributed by atoms with Gasteiger partial charge in [0.05, 0.1) is 33.6 Å². The first-order valence-electron chi connectivity index (χ1n) is 7.66. The van der Waals surface area contributed by atoms with E-state index in [1.165, 1.54) is 10.6 Å². The molecular formula is C19H11Cl2NO4. The van der Waals surface area contributed by atoms with Crippen LogP contribution in [-0.4, -0.2) is 15.6 Å². The van der Waals surface area contributed by atoms with Crippen molar-refractivity contribution in [3.63, 3.8) is 0 Å². The van der Waals surface area contributed by atoms with Crippen molar-refractivity contribution < 1.29 is 14.3 Å². The number of pyridine rings is 1. The number of fused-ring (bicyclic) bond motifs is 2. The first-order valence-corrected chi connectivity index (χ1v) is 8.41. The third-order valence-electron chi connectivity index (χ3n) is 4.26. The number of furan rings is 1. The molecule has 0 atom stereocenters. The van der Waals surface area contributed by atoms with Gasteiger partial charge in [0, 0.05) is 16.3 Å². The van der Waals surface area contributed by atoms with Gasteiger partial charge in [-0.3, -0.25) is 9.59 Å². The van der Waals surface area contributed by atoms with Gasteiger partial charge in [0.1, 0.15) is 6.54 Å². The Morgan fingerprint density at radius 3 is 2.54 bits per heavy atom. The van der Waals surface area contributed by atoms with Crippen LogP contribution < -0.4 is 5.43 Å².